The molecule has 0 saturated heterocycles. The maximum atomic E-state index is 5.10. The Balaban J connectivity index is 2.58. The first-order valence-corrected chi connectivity index (χ1v) is 7.54. The third kappa shape index (κ3) is 5.89. The van der Waals surface area contributed by atoms with Crippen LogP contribution in [0.4, 0.5) is 0 Å². The smallest absolute Gasteiger partial charge is 0.0556 e. The first-order chi connectivity index (χ1) is 8.63. The van der Waals surface area contributed by atoms with Gasteiger partial charge in [0.1, 0.15) is 0 Å². The summed E-state index contributed by atoms with van der Waals surface area (Å²) in [6.07, 6.45) is 0. The summed E-state index contributed by atoms with van der Waals surface area (Å²) in [6.45, 7) is 9.44. The minimum atomic E-state index is 0.694. The van der Waals surface area contributed by atoms with E-state index in [1.54, 1.807) is 7.11 Å². The van der Waals surface area contributed by atoms with E-state index in [0.717, 1.165) is 25.4 Å². The van der Waals surface area contributed by atoms with Crippen LogP contribution in [0.25, 0.3) is 0 Å². The lowest BCUT2D eigenvalue weighted by atomic mass is 10.1. The lowest BCUT2D eigenvalue weighted by Gasteiger charge is -2.12. The van der Waals surface area contributed by atoms with E-state index in [4.69, 9.17) is 4.74 Å². The summed E-state index contributed by atoms with van der Waals surface area (Å²) in [6, 6.07) is 6.69. The quantitative estimate of drug-likeness (QED) is 0.575. The summed E-state index contributed by atoms with van der Waals surface area (Å²) in [7, 11) is 1.75. The van der Waals surface area contributed by atoms with Gasteiger partial charge in [-0.1, -0.05) is 31.5 Å². The van der Waals surface area contributed by atoms with Crippen LogP contribution in [0, 0.1) is 12.8 Å². The molecule has 0 heterocycles. The van der Waals surface area contributed by atoms with Crippen LogP contribution in [0.15, 0.2) is 23.1 Å². The number of methoxy groups -OCH3 is 1. The largest absolute Gasteiger partial charge is 0.384 e. The molecule has 0 amide bonds. The molecule has 0 aliphatic heterocycles. The summed E-state index contributed by atoms with van der Waals surface area (Å²) < 4.78 is 5.10. The second-order valence-corrected chi connectivity index (χ2v) is 6.11. The van der Waals surface area contributed by atoms with Crippen LogP contribution in [0.2, 0.25) is 0 Å². The molecule has 0 aliphatic rings. The highest BCUT2D eigenvalue weighted by Gasteiger charge is 2.04. The third-order valence-electron chi connectivity index (χ3n) is 2.63. The lowest BCUT2D eigenvalue weighted by molar-refractivity contribution is 0.218. The van der Waals surface area contributed by atoms with Crippen LogP contribution in [0.3, 0.4) is 0 Å². The van der Waals surface area contributed by atoms with E-state index < -0.39 is 0 Å². The average Bonchev–Trinajstić information content (AvgIpc) is 2.31. The molecule has 18 heavy (non-hydrogen) atoms. The van der Waals surface area contributed by atoms with Gasteiger partial charge in [-0.25, -0.2) is 0 Å². The van der Waals surface area contributed by atoms with E-state index in [0.29, 0.717) is 5.92 Å². The predicted molar refractivity (Wildman–Crippen MR) is 80.3 cm³/mol. The van der Waals surface area contributed by atoms with Gasteiger partial charge in [0.05, 0.1) is 6.61 Å². The van der Waals surface area contributed by atoms with Crippen LogP contribution in [-0.4, -0.2) is 26.0 Å². The molecule has 0 radical (unpaired) electrons. The van der Waals surface area contributed by atoms with E-state index in [1.807, 2.05) is 11.8 Å². The van der Waals surface area contributed by atoms with Gasteiger partial charge in [0.25, 0.3) is 0 Å². The molecule has 1 aromatic rings. The van der Waals surface area contributed by atoms with Crippen molar-refractivity contribution in [2.75, 3.05) is 26.0 Å². The Bertz CT molecular complexity index is 352. The Morgan fingerprint density at radius 2 is 2.11 bits per heavy atom. The van der Waals surface area contributed by atoms with Gasteiger partial charge in [0.15, 0.2) is 0 Å². The molecule has 0 spiro atoms. The van der Waals surface area contributed by atoms with Crippen molar-refractivity contribution in [2.45, 2.75) is 32.2 Å². The lowest BCUT2D eigenvalue weighted by Crippen LogP contribution is -2.19. The first-order valence-electron chi connectivity index (χ1n) is 6.55. The van der Waals surface area contributed by atoms with Gasteiger partial charge in [-0.3, -0.25) is 0 Å². The number of ether oxygens (including phenoxy) is 1. The van der Waals surface area contributed by atoms with Gasteiger partial charge in [-0.2, -0.15) is 0 Å². The Kier molecular flexibility index (Phi) is 7.40. The first kappa shape index (κ1) is 15.5. The van der Waals surface area contributed by atoms with Crippen molar-refractivity contribution in [1.82, 2.24) is 5.32 Å². The van der Waals surface area contributed by atoms with Gasteiger partial charge >= 0.3 is 0 Å². The standard InChI is InChI=1S/C15H25NOS/c1-12(2)10-16-11-14-9-13(3)5-6-15(14)18-8-7-17-4/h5-6,9,12,16H,7-8,10-11H2,1-4H3. The van der Waals surface area contributed by atoms with Crippen molar-refractivity contribution in [3.63, 3.8) is 0 Å². The molecular weight excluding hydrogens is 242 g/mol. The number of hydrogen-bond acceptors (Lipinski definition) is 3. The molecule has 0 aliphatic carbocycles. The van der Waals surface area contributed by atoms with E-state index in [1.165, 1.54) is 16.0 Å². The molecule has 2 nitrogen and oxygen atoms in total. The molecule has 0 unspecified atom stereocenters. The Labute approximate surface area is 116 Å². The van der Waals surface area contributed by atoms with Gasteiger partial charge in [-0.15, -0.1) is 11.8 Å². The van der Waals surface area contributed by atoms with Crippen molar-refractivity contribution in [2.24, 2.45) is 5.92 Å². The summed E-state index contributed by atoms with van der Waals surface area (Å²) >= 11 is 1.87. The maximum absolute atomic E-state index is 5.10. The van der Waals surface area contributed by atoms with Crippen LogP contribution in [0.5, 0.6) is 0 Å². The summed E-state index contributed by atoms with van der Waals surface area (Å²) in [4.78, 5) is 1.37. The van der Waals surface area contributed by atoms with E-state index >= 15 is 0 Å². The van der Waals surface area contributed by atoms with Crippen LogP contribution >= 0.6 is 11.8 Å². The summed E-state index contributed by atoms with van der Waals surface area (Å²) in [5.41, 5.74) is 2.73. The second kappa shape index (κ2) is 8.57. The molecule has 0 aromatic heterocycles. The van der Waals surface area contributed by atoms with Crippen LogP contribution < -0.4 is 5.32 Å². The van der Waals surface area contributed by atoms with Crippen molar-refractivity contribution in [3.05, 3.63) is 29.3 Å². The molecule has 1 N–H and O–H groups in total. The highest BCUT2D eigenvalue weighted by molar-refractivity contribution is 7.99. The summed E-state index contributed by atoms with van der Waals surface area (Å²) in [5.74, 6) is 1.70. The van der Waals surface area contributed by atoms with Gasteiger partial charge in [0, 0.05) is 24.3 Å². The molecular formula is C15H25NOS. The molecule has 102 valence electrons. The topological polar surface area (TPSA) is 21.3 Å². The van der Waals surface area contributed by atoms with Crippen molar-refractivity contribution < 1.29 is 4.74 Å². The highest BCUT2D eigenvalue weighted by Crippen LogP contribution is 2.23. The fraction of sp³-hybridized carbons (Fsp3) is 0.600. The number of aryl methyl sites for hydroxylation is 1. The number of hydrogen-bond donors (Lipinski definition) is 1. The third-order valence-corrected chi connectivity index (χ3v) is 3.71. The molecule has 0 saturated carbocycles. The molecule has 1 rings (SSSR count). The minimum absolute atomic E-state index is 0.694. The van der Waals surface area contributed by atoms with Gasteiger partial charge < -0.3 is 10.1 Å². The van der Waals surface area contributed by atoms with Crippen molar-refractivity contribution in [3.8, 4) is 0 Å². The zero-order valence-electron chi connectivity index (χ0n) is 12.0. The fourth-order valence-corrected chi connectivity index (χ4v) is 2.67. The molecule has 0 atom stereocenters. The van der Waals surface area contributed by atoms with Crippen LogP contribution in [0.1, 0.15) is 25.0 Å². The average molecular weight is 267 g/mol. The number of rotatable bonds is 8. The van der Waals surface area contributed by atoms with E-state index in [-0.39, 0.29) is 0 Å². The van der Waals surface area contributed by atoms with Crippen molar-refractivity contribution in [1.29, 1.82) is 0 Å². The Morgan fingerprint density at radius 3 is 2.78 bits per heavy atom. The van der Waals surface area contributed by atoms with Gasteiger partial charge in [-0.05, 0) is 31.0 Å². The molecule has 0 fully saturated rings. The van der Waals surface area contributed by atoms with Crippen molar-refractivity contribution >= 4 is 11.8 Å². The minimum Gasteiger partial charge on any atom is -0.384 e. The summed E-state index contributed by atoms with van der Waals surface area (Å²) in [5, 5.41) is 3.51. The van der Waals surface area contributed by atoms with Gasteiger partial charge in [0.2, 0.25) is 0 Å². The van der Waals surface area contributed by atoms with E-state index in [2.05, 4.69) is 44.3 Å². The Morgan fingerprint density at radius 1 is 1.33 bits per heavy atom. The zero-order chi connectivity index (χ0) is 13.4. The zero-order valence-corrected chi connectivity index (χ0v) is 12.8. The highest BCUT2D eigenvalue weighted by atomic mass is 32.2. The molecule has 0 bridgehead atoms. The SMILES string of the molecule is COCCSc1ccc(C)cc1CNCC(C)C. The number of thioether (sulfide) groups is 1. The number of benzene rings is 1. The second-order valence-electron chi connectivity index (χ2n) is 4.98. The molecule has 3 heteroatoms. The maximum Gasteiger partial charge on any atom is 0.0556 e. The number of nitrogens with one attached hydrogen (secondary N) is 1. The normalized spacial score (nSPS) is 11.2. The predicted octanol–water partition coefficient (Wildman–Crippen LogP) is 3.48. The Hall–Kier alpha value is -0.510. The van der Waals surface area contributed by atoms with Crippen LogP contribution in [-0.2, 0) is 11.3 Å². The monoisotopic (exact) mass is 267 g/mol. The fourth-order valence-electron chi connectivity index (χ4n) is 1.72. The molecule has 1 aromatic carbocycles. The van der Waals surface area contributed by atoms with E-state index in [9.17, 15) is 0 Å².